The average Bonchev–Trinajstić information content (AvgIpc) is 3.10. The fraction of sp³-hybridized carbons (Fsp3) is 0.429. The van der Waals surface area contributed by atoms with Crippen molar-refractivity contribution in [2.45, 2.75) is 39.3 Å². The monoisotopic (exact) mass is 496 g/mol. The van der Waals surface area contributed by atoms with Gasteiger partial charge in [0.25, 0.3) is 11.7 Å². The molecule has 2 aromatic carbocycles. The van der Waals surface area contributed by atoms with Gasteiger partial charge in [0.05, 0.1) is 31.4 Å². The third-order valence-electron chi connectivity index (χ3n) is 5.79. The maximum atomic E-state index is 13.2. The summed E-state index contributed by atoms with van der Waals surface area (Å²) in [7, 11) is 5.34. The van der Waals surface area contributed by atoms with Crippen LogP contribution in [0.4, 0.5) is 0 Å². The Hall–Kier alpha value is -3.52. The normalized spacial score (nSPS) is 17.2. The van der Waals surface area contributed by atoms with Gasteiger partial charge in [0, 0.05) is 18.7 Å². The number of carbonyl (C=O) groups excluding carboxylic acids is 2. The summed E-state index contributed by atoms with van der Waals surface area (Å²) in [4.78, 5) is 29.8. The number of benzene rings is 2. The van der Waals surface area contributed by atoms with Crippen LogP contribution in [-0.2, 0) is 9.59 Å². The molecule has 0 saturated carbocycles. The molecule has 0 aromatic heterocycles. The molecule has 8 heteroatoms. The minimum absolute atomic E-state index is 0.00530. The predicted molar refractivity (Wildman–Crippen MR) is 139 cm³/mol. The number of hydrogen-bond acceptors (Lipinski definition) is 7. The summed E-state index contributed by atoms with van der Waals surface area (Å²) in [5, 5.41) is 11.3. The number of nitrogens with zero attached hydrogens (tertiary/aromatic N) is 2. The van der Waals surface area contributed by atoms with Crippen molar-refractivity contribution in [3.63, 3.8) is 0 Å². The van der Waals surface area contributed by atoms with Gasteiger partial charge in [0.15, 0.2) is 11.5 Å². The van der Waals surface area contributed by atoms with Crippen LogP contribution in [0.15, 0.2) is 48.0 Å². The molecule has 0 spiro atoms. The molecule has 0 radical (unpaired) electrons. The zero-order valence-electron chi connectivity index (χ0n) is 21.9. The van der Waals surface area contributed by atoms with E-state index in [2.05, 4.69) is 0 Å². The lowest BCUT2D eigenvalue weighted by Gasteiger charge is -2.27. The van der Waals surface area contributed by atoms with Gasteiger partial charge in [-0.05, 0) is 76.3 Å². The van der Waals surface area contributed by atoms with E-state index in [9.17, 15) is 14.7 Å². The molecule has 1 unspecified atom stereocenters. The molecule has 0 bridgehead atoms. The Morgan fingerprint density at radius 3 is 2.36 bits per heavy atom. The summed E-state index contributed by atoms with van der Waals surface area (Å²) < 4.78 is 17.0. The molecule has 2 aromatic rings. The average molecular weight is 497 g/mol. The zero-order chi connectivity index (χ0) is 26.4. The standard InChI is InChI=1S/C28H36N2O6/c1-7-16-35-22-13-10-20(17-23(22)34-6)25-24(27(32)28(33)30(25)15-14-29(4)5)26(31)19-8-11-21(12-9-19)36-18(2)3/h8-13,17-18,25,31H,7,14-16H2,1-6H3. The van der Waals surface area contributed by atoms with Crippen LogP contribution in [0.5, 0.6) is 17.2 Å². The first-order chi connectivity index (χ1) is 17.2. The number of ether oxygens (including phenoxy) is 3. The number of carbonyl (C=O) groups is 2. The molecule has 1 amide bonds. The Labute approximate surface area is 213 Å². The second-order valence-electron chi connectivity index (χ2n) is 9.25. The molecule has 1 atom stereocenters. The van der Waals surface area contributed by atoms with Gasteiger partial charge in [-0.2, -0.15) is 0 Å². The predicted octanol–water partition coefficient (Wildman–Crippen LogP) is 4.25. The molecule has 3 rings (SSSR count). The summed E-state index contributed by atoms with van der Waals surface area (Å²) >= 11 is 0. The van der Waals surface area contributed by atoms with Crippen molar-refractivity contribution in [3.05, 3.63) is 59.2 Å². The van der Waals surface area contributed by atoms with Crippen LogP contribution in [0.3, 0.4) is 0 Å². The minimum Gasteiger partial charge on any atom is -0.507 e. The number of aliphatic hydroxyl groups is 1. The molecular formula is C28H36N2O6. The number of methoxy groups -OCH3 is 1. The van der Waals surface area contributed by atoms with E-state index in [0.717, 1.165) is 6.42 Å². The summed E-state index contributed by atoms with van der Waals surface area (Å²) in [6, 6.07) is 11.4. The molecule has 1 N–H and O–H groups in total. The SMILES string of the molecule is CCCOc1ccc(C2C(=C(O)c3ccc(OC(C)C)cc3)C(=O)C(=O)N2CCN(C)C)cc1OC. The fourth-order valence-electron chi connectivity index (χ4n) is 4.07. The van der Waals surface area contributed by atoms with E-state index in [1.54, 1.807) is 49.6 Å². The van der Waals surface area contributed by atoms with E-state index in [-0.39, 0.29) is 17.4 Å². The Bertz CT molecular complexity index is 1110. The molecule has 1 aliphatic heterocycles. The van der Waals surface area contributed by atoms with Crippen molar-refractivity contribution in [2.24, 2.45) is 0 Å². The molecule has 8 nitrogen and oxygen atoms in total. The Morgan fingerprint density at radius 2 is 1.78 bits per heavy atom. The van der Waals surface area contributed by atoms with Gasteiger partial charge in [-0.15, -0.1) is 0 Å². The number of likely N-dealkylation sites (tertiary alicyclic amines) is 1. The van der Waals surface area contributed by atoms with Crippen molar-refractivity contribution in [2.75, 3.05) is 40.9 Å². The molecule has 36 heavy (non-hydrogen) atoms. The van der Waals surface area contributed by atoms with Crippen molar-refractivity contribution in [1.29, 1.82) is 0 Å². The van der Waals surface area contributed by atoms with Gasteiger partial charge in [0.1, 0.15) is 11.5 Å². The fourth-order valence-corrected chi connectivity index (χ4v) is 4.07. The van der Waals surface area contributed by atoms with Gasteiger partial charge in [-0.25, -0.2) is 0 Å². The molecular weight excluding hydrogens is 460 g/mol. The molecule has 1 aliphatic rings. The van der Waals surface area contributed by atoms with Gasteiger partial charge in [0.2, 0.25) is 0 Å². The number of likely N-dealkylation sites (N-methyl/N-ethyl adjacent to an activating group) is 1. The van der Waals surface area contributed by atoms with E-state index < -0.39 is 17.7 Å². The first-order valence-electron chi connectivity index (χ1n) is 12.2. The lowest BCUT2D eigenvalue weighted by atomic mass is 9.95. The van der Waals surface area contributed by atoms with Crippen LogP contribution in [0, 0.1) is 0 Å². The zero-order valence-corrected chi connectivity index (χ0v) is 21.9. The number of hydrogen-bond donors (Lipinski definition) is 1. The summed E-state index contributed by atoms with van der Waals surface area (Å²) in [5.41, 5.74) is 1.12. The number of amides is 1. The summed E-state index contributed by atoms with van der Waals surface area (Å²) in [5.74, 6) is 0.130. The first-order valence-corrected chi connectivity index (χ1v) is 12.2. The van der Waals surface area contributed by atoms with E-state index in [4.69, 9.17) is 14.2 Å². The third kappa shape index (κ3) is 5.99. The maximum Gasteiger partial charge on any atom is 0.295 e. The van der Waals surface area contributed by atoms with Crippen LogP contribution < -0.4 is 14.2 Å². The lowest BCUT2D eigenvalue weighted by Crippen LogP contribution is -2.35. The van der Waals surface area contributed by atoms with Gasteiger partial charge >= 0.3 is 0 Å². The van der Waals surface area contributed by atoms with Crippen LogP contribution in [-0.4, -0.2) is 73.6 Å². The Balaban J connectivity index is 2.10. The second-order valence-corrected chi connectivity index (χ2v) is 9.25. The lowest BCUT2D eigenvalue weighted by molar-refractivity contribution is -0.140. The van der Waals surface area contributed by atoms with Crippen LogP contribution >= 0.6 is 0 Å². The van der Waals surface area contributed by atoms with Gasteiger partial charge in [-0.1, -0.05) is 13.0 Å². The third-order valence-corrected chi connectivity index (χ3v) is 5.79. The smallest absolute Gasteiger partial charge is 0.295 e. The van der Waals surface area contributed by atoms with Gasteiger partial charge < -0.3 is 29.1 Å². The van der Waals surface area contributed by atoms with Crippen molar-refractivity contribution in [3.8, 4) is 17.2 Å². The number of rotatable bonds is 11. The van der Waals surface area contributed by atoms with E-state index in [1.165, 1.54) is 4.90 Å². The van der Waals surface area contributed by atoms with E-state index in [0.29, 0.717) is 48.1 Å². The van der Waals surface area contributed by atoms with Crippen LogP contribution in [0.1, 0.15) is 44.4 Å². The Morgan fingerprint density at radius 1 is 1.08 bits per heavy atom. The molecule has 1 saturated heterocycles. The molecule has 1 heterocycles. The molecule has 0 aliphatic carbocycles. The maximum absolute atomic E-state index is 13.2. The molecule has 1 fully saturated rings. The van der Waals surface area contributed by atoms with E-state index in [1.807, 2.05) is 39.8 Å². The first kappa shape index (κ1) is 27.1. The topological polar surface area (TPSA) is 88.5 Å². The second kappa shape index (κ2) is 11.9. The highest BCUT2D eigenvalue weighted by atomic mass is 16.5. The Kier molecular flexibility index (Phi) is 8.98. The number of Topliss-reactive ketones (excluding diaryl/α,β-unsaturated/α-hetero) is 1. The van der Waals surface area contributed by atoms with E-state index >= 15 is 0 Å². The number of aliphatic hydroxyl groups excluding tert-OH is 1. The summed E-state index contributed by atoms with van der Waals surface area (Å²) in [6.45, 7) is 7.27. The van der Waals surface area contributed by atoms with Gasteiger partial charge in [-0.3, -0.25) is 9.59 Å². The van der Waals surface area contributed by atoms with Crippen LogP contribution in [0.25, 0.3) is 5.76 Å². The number of ketones is 1. The van der Waals surface area contributed by atoms with Crippen molar-refractivity contribution in [1.82, 2.24) is 9.80 Å². The quantitative estimate of drug-likeness (QED) is 0.283. The highest BCUT2D eigenvalue weighted by molar-refractivity contribution is 6.46. The highest BCUT2D eigenvalue weighted by Crippen LogP contribution is 2.42. The van der Waals surface area contributed by atoms with Crippen LogP contribution in [0.2, 0.25) is 0 Å². The summed E-state index contributed by atoms with van der Waals surface area (Å²) in [6.07, 6.45) is 0.849. The molecule has 194 valence electrons. The minimum atomic E-state index is -0.773. The largest absolute Gasteiger partial charge is 0.507 e. The van der Waals surface area contributed by atoms with Crippen molar-refractivity contribution >= 4 is 17.4 Å². The highest BCUT2D eigenvalue weighted by Gasteiger charge is 2.46. The van der Waals surface area contributed by atoms with Crippen molar-refractivity contribution < 1.29 is 28.9 Å².